The minimum absolute atomic E-state index is 0.111. The van der Waals surface area contributed by atoms with E-state index in [0.29, 0.717) is 12.8 Å². The van der Waals surface area contributed by atoms with Gasteiger partial charge in [-0.3, -0.25) is 19.3 Å². The van der Waals surface area contributed by atoms with Gasteiger partial charge in [0, 0.05) is 12.8 Å². The van der Waals surface area contributed by atoms with Crippen LogP contribution in [0, 0.1) is 35.8 Å². The Labute approximate surface area is 164 Å². The van der Waals surface area contributed by atoms with Gasteiger partial charge in [-0.05, 0) is 24.0 Å². The summed E-state index contributed by atoms with van der Waals surface area (Å²) in [7, 11) is 0. The largest absolute Gasteiger partial charge is 0.316 e. The summed E-state index contributed by atoms with van der Waals surface area (Å²) >= 11 is 0. The molecule has 0 aromatic heterocycles. The second kappa shape index (κ2) is 12.5. The van der Waals surface area contributed by atoms with Gasteiger partial charge in [-0.15, -0.1) is 0 Å². The summed E-state index contributed by atoms with van der Waals surface area (Å²) in [6, 6.07) is 11.3. The Morgan fingerprint density at radius 1 is 0.893 bits per heavy atom. The van der Waals surface area contributed by atoms with Crippen molar-refractivity contribution in [3.05, 3.63) is 58.2 Å². The van der Waals surface area contributed by atoms with E-state index in [9.17, 15) is 9.59 Å². The number of hydrogen-bond donors (Lipinski definition) is 0. The fourth-order valence-corrected chi connectivity index (χ4v) is 2.54. The van der Waals surface area contributed by atoms with Crippen molar-refractivity contribution in [2.45, 2.75) is 25.7 Å². The number of benzene rings is 1. The van der Waals surface area contributed by atoms with E-state index in [-0.39, 0.29) is 51.1 Å². The number of hydrogen-bond acceptors (Lipinski definition) is 4. The number of nitrogens with zero attached hydrogens (tertiary/aromatic N) is 6. The van der Waals surface area contributed by atoms with Gasteiger partial charge in [-0.1, -0.05) is 24.3 Å². The average Bonchev–Trinajstić information content (AvgIpc) is 2.70. The average molecular weight is 376 g/mol. The topological polar surface area (TPSA) is 96.9 Å². The zero-order valence-corrected chi connectivity index (χ0v) is 15.5. The molecule has 0 unspecified atom stereocenters. The van der Waals surface area contributed by atoms with Crippen LogP contribution >= 0.6 is 0 Å². The molecule has 0 N–H and O–H groups in total. The number of rotatable bonds is 10. The van der Waals surface area contributed by atoms with E-state index in [1.54, 1.807) is 0 Å². The first-order valence-electron chi connectivity index (χ1n) is 8.59. The van der Waals surface area contributed by atoms with Crippen LogP contribution in [-0.2, 0) is 22.4 Å². The number of carbonyl (C=O) groups excluding carboxylic acids is 2. The molecule has 0 saturated carbocycles. The van der Waals surface area contributed by atoms with E-state index in [0.717, 1.165) is 11.1 Å². The van der Waals surface area contributed by atoms with Crippen LogP contribution in [-0.4, -0.2) is 48.0 Å². The summed E-state index contributed by atoms with van der Waals surface area (Å²) in [4.78, 5) is 33.0. The molecule has 2 amide bonds. The van der Waals surface area contributed by atoms with Crippen molar-refractivity contribution in [3.8, 4) is 12.1 Å². The predicted octanol–water partition coefficient (Wildman–Crippen LogP) is 2.01. The first-order valence-corrected chi connectivity index (χ1v) is 8.59. The van der Waals surface area contributed by atoms with Crippen LogP contribution in [0.15, 0.2) is 24.3 Å². The maximum atomic E-state index is 12.1. The molecule has 0 aliphatic heterocycles. The maximum absolute atomic E-state index is 12.1. The highest BCUT2D eigenvalue weighted by molar-refractivity contribution is 5.77. The number of carbonyl (C=O) groups is 2. The lowest BCUT2D eigenvalue weighted by atomic mass is 10.0. The lowest BCUT2D eigenvalue weighted by Crippen LogP contribution is -2.31. The van der Waals surface area contributed by atoms with Gasteiger partial charge < -0.3 is 4.90 Å². The molecule has 0 atom stereocenters. The van der Waals surface area contributed by atoms with Crippen molar-refractivity contribution in [1.29, 1.82) is 10.5 Å². The van der Waals surface area contributed by atoms with Crippen LogP contribution in [0.3, 0.4) is 0 Å². The van der Waals surface area contributed by atoms with Crippen molar-refractivity contribution in [1.82, 2.24) is 9.80 Å². The van der Waals surface area contributed by atoms with Gasteiger partial charge in [0.1, 0.15) is 13.1 Å². The van der Waals surface area contributed by atoms with Gasteiger partial charge in [-0.25, -0.2) is 18.0 Å². The number of amides is 2. The third-order valence-corrected chi connectivity index (χ3v) is 3.96. The Balaban J connectivity index is 2.62. The summed E-state index contributed by atoms with van der Waals surface area (Å²) in [6.45, 7) is 13.2. The monoisotopic (exact) mass is 376 g/mol. The van der Waals surface area contributed by atoms with Crippen molar-refractivity contribution in [3.63, 3.8) is 0 Å². The highest BCUT2D eigenvalue weighted by Crippen LogP contribution is 2.12. The van der Waals surface area contributed by atoms with Crippen LogP contribution in [0.25, 0.3) is 9.69 Å². The standard InChI is InChI=1S/C20H20N6O2/c1-23-15-26(16-24-2)20(28)9-7-18-5-3-4-17(14-18)6-8-19(27)25(12-10-21)13-11-22/h3-5,14H,6-9,12-13,15-16H2. The molecule has 1 rings (SSSR count). The summed E-state index contributed by atoms with van der Waals surface area (Å²) in [5.41, 5.74) is 1.85. The van der Waals surface area contributed by atoms with Crippen LogP contribution in [0.1, 0.15) is 24.0 Å². The molecular weight excluding hydrogens is 356 g/mol. The normalized spacial score (nSPS) is 9.29. The smallest absolute Gasteiger partial charge is 0.297 e. The molecule has 8 nitrogen and oxygen atoms in total. The van der Waals surface area contributed by atoms with E-state index in [2.05, 4.69) is 9.69 Å². The van der Waals surface area contributed by atoms with E-state index >= 15 is 0 Å². The molecule has 0 saturated heterocycles. The molecule has 0 aliphatic carbocycles. The summed E-state index contributed by atoms with van der Waals surface area (Å²) in [6.07, 6.45) is 1.33. The van der Waals surface area contributed by atoms with Crippen LogP contribution in [0.5, 0.6) is 0 Å². The first-order chi connectivity index (χ1) is 13.5. The Morgan fingerprint density at radius 3 is 1.79 bits per heavy atom. The molecule has 142 valence electrons. The van der Waals surface area contributed by atoms with Gasteiger partial charge in [0.2, 0.25) is 11.8 Å². The van der Waals surface area contributed by atoms with E-state index in [1.807, 2.05) is 36.4 Å². The van der Waals surface area contributed by atoms with Gasteiger partial charge in [0.15, 0.2) is 0 Å². The Kier molecular flexibility index (Phi) is 9.87. The molecule has 0 heterocycles. The molecule has 0 fully saturated rings. The van der Waals surface area contributed by atoms with Gasteiger partial charge in [-0.2, -0.15) is 10.5 Å². The van der Waals surface area contributed by atoms with E-state index in [4.69, 9.17) is 23.7 Å². The minimum Gasteiger partial charge on any atom is -0.316 e. The zero-order valence-electron chi connectivity index (χ0n) is 15.5. The Morgan fingerprint density at radius 2 is 1.36 bits per heavy atom. The van der Waals surface area contributed by atoms with Gasteiger partial charge in [0.05, 0.1) is 12.1 Å². The maximum Gasteiger partial charge on any atom is 0.297 e. The predicted molar refractivity (Wildman–Crippen MR) is 101 cm³/mol. The SMILES string of the molecule is [C-]#[N+]CN(C[N+]#[C-])C(=O)CCc1cccc(CCC(=O)N(CC#N)CC#N)c1. The quantitative estimate of drug-likeness (QED) is 0.461. The van der Waals surface area contributed by atoms with Crippen molar-refractivity contribution < 1.29 is 9.59 Å². The molecule has 0 radical (unpaired) electrons. The van der Waals surface area contributed by atoms with Gasteiger partial charge in [0.25, 0.3) is 13.3 Å². The highest BCUT2D eigenvalue weighted by atomic mass is 16.2. The molecule has 0 bridgehead atoms. The molecular formula is C20H20N6O2. The third-order valence-electron chi connectivity index (χ3n) is 3.96. The number of aryl methyl sites for hydroxylation is 2. The lowest BCUT2D eigenvalue weighted by Gasteiger charge is -2.15. The third kappa shape index (κ3) is 7.56. The van der Waals surface area contributed by atoms with E-state index in [1.165, 1.54) is 9.80 Å². The molecule has 0 spiro atoms. The second-order valence-electron chi connectivity index (χ2n) is 5.92. The second-order valence-corrected chi connectivity index (χ2v) is 5.92. The molecule has 8 heteroatoms. The molecule has 1 aromatic carbocycles. The fourth-order valence-electron chi connectivity index (χ4n) is 2.54. The van der Waals surface area contributed by atoms with Crippen LogP contribution in [0.4, 0.5) is 0 Å². The van der Waals surface area contributed by atoms with Crippen LogP contribution < -0.4 is 0 Å². The summed E-state index contributed by atoms with van der Waals surface area (Å²) < 4.78 is 0. The zero-order chi connectivity index (χ0) is 20.8. The van der Waals surface area contributed by atoms with Crippen molar-refractivity contribution in [2.24, 2.45) is 0 Å². The van der Waals surface area contributed by atoms with Crippen LogP contribution in [0.2, 0.25) is 0 Å². The summed E-state index contributed by atoms with van der Waals surface area (Å²) in [5.74, 6) is -0.492. The molecule has 28 heavy (non-hydrogen) atoms. The Bertz CT molecular complexity index is 754. The number of nitriles is 2. The van der Waals surface area contributed by atoms with Crippen molar-refractivity contribution in [2.75, 3.05) is 26.4 Å². The first kappa shape index (κ1) is 22.2. The fraction of sp³-hybridized carbons (Fsp3) is 0.400. The highest BCUT2D eigenvalue weighted by Gasteiger charge is 2.17. The summed E-state index contributed by atoms with van der Waals surface area (Å²) in [5, 5.41) is 17.5. The van der Waals surface area contributed by atoms with E-state index < -0.39 is 0 Å². The van der Waals surface area contributed by atoms with Crippen molar-refractivity contribution >= 4 is 11.8 Å². The molecule has 1 aromatic rings. The molecule has 0 aliphatic rings. The van der Waals surface area contributed by atoms with Gasteiger partial charge >= 0.3 is 0 Å². The Hall–Kier alpha value is -3.88. The lowest BCUT2D eigenvalue weighted by molar-refractivity contribution is -0.130. The minimum atomic E-state index is -0.252.